The van der Waals surface area contributed by atoms with Crippen molar-refractivity contribution < 1.29 is 13.2 Å². The Hall–Kier alpha value is -1.56. The lowest BCUT2D eigenvalue weighted by molar-refractivity contribution is -0.0498. The Bertz CT molecular complexity index is 781. The largest absolute Gasteiger partial charge is 0.338 e. The van der Waals surface area contributed by atoms with Crippen molar-refractivity contribution in [2.24, 2.45) is 23.2 Å². The van der Waals surface area contributed by atoms with Crippen LogP contribution >= 0.6 is 0 Å². The standard InChI is InChI=1S/C21H30N2O3S/c1-14(18-3-5-19(6-4-18)27(2,25)26)23-20(24)22-13-21-10-15-7-16(11-21)9-17(8-15)12-21/h3-6,14-17H,7-13H2,1-2H3,(H2,22,23,24)/t14-,15?,16?,17?,21?/m0/s1. The zero-order valence-electron chi connectivity index (χ0n) is 16.2. The minimum atomic E-state index is -3.20. The maximum Gasteiger partial charge on any atom is 0.315 e. The summed E-state index contributed by atoms with van der Waals surface area (Å²) in [5.41, 5.74) is 1.22. The molecule has 5 nitrogen and oxygen atoms in total. The molecule has 2 amide bonds. The van der Waals surface area contributed by atoms with Crippen LogP contribution in [0.4, 0.5) is 4.79 Å². The lowest BCUT2D eigenvalue weighted by Gasteiger charge is -2.56. The number of urea groups is 1. The van der Waals surface area contributed by atoms with E-state index in [0.29, 0.717) is 10.3 Å². The molecule has 0 aliphatic heterocycles. The number of hydrogen-bond acceptors (Lipinski definition) is 3. The quantitative estimate of drug-likeness (QED) is 0.805. The summed E-state index contributed by atoms with van der Waals surface area (Å²) in [5, 5.41) is 6.12. The van der Waals surface area contributed by atoms with Gasteiger partial charge in [-0.15, -0.1) is 0 Å². The summed E-state index contributed by atoms with van der Waals surface area (Å²) in [6.07, 6.45) is 9.26. The van der Waals surface area contributed by atoms with E-state index in [2.05, 4.69) is 10.6 Å². The Morgan fingerprint density at radius 2 is 1.59 bits per heavy atom. The molecule has 27 heavy (non-hydrogen) atoms. The lowest BCUT2D eigenvalue weighted by Crippen LogP contribution is -2.52. The topological polar surface area (TPSA) is 75.3 Å². The number of amides is 2. The van der Waals surface area contributed by atoms with Gasteiger partial charge in [0.25, 0.3) is 0 Å². The molecule has 148 valence electrons. The molecule has 5 rings (SSSR count). The van der Waals surface area contributed by atoms with Crippen molar-refractivity contribution in [3.05, 3.63) is 29.8 Å². The average molecular weight is 391 g/mol. The second-order valence-corrected chi connectivity index (χ2v) is 11.3. The van der Waals surface area contributed by atoms with Crippen molar-refractivity contribution in [3.63, 3.8) is 0 Å². The van der Waals surface area contributed by atoms with Crippen molar-refractivity contribution >= 4 is 15.9 Å². The van der Waals surface area contributed by atoms with Gasteiger partial charge in [0, 0.05) is 12.8 Å². The van der Waals surface area contributed by atoms with E-state index < -0.39 is 9.84 Å². The fourth-order valence-electron chi connectivity index (χ4n) is 6.11. The molecule has 1 aromatic carbocycles. The van der Waals surface area contributed by atoms with E-state index in [4.69, 9.17) is 0 Å². The molecule has 4 saturated carbocycles. The molecule has 4 fully saturated rings. The SMILES string of the molecule is C[C@H](NC(=O)NCC12CC3CC(CC(C3)C1)C2)c1ccc(S(C)(=O)=O)cc1. The van der Waals surface area contributed by atoms with E-state index in [1.807, 2.05) is 6.92 Å². The monoisotopic (exact) mass is 390 g/mol. The molecule has 4 aliphatic rings. The maximum atomic E-state index is 12.4. The fourth-order valence-corrected chi connectivity index (χ4v) is 6.74. The molecule has 1 atom stereocenters. The van der Waals surface area contributed by atoms with Crippen LogP contribution in [0.3, 0.4) is 0 Å². The van der Waals surface area contributed by atoms with Gasteiger partial charge >= 0.3 is 6.03 Å². The molecular formula is C21H30N2O3S. The second kappa shape index (κ2) is 6.80. The van der Waals surface area contributed by atoms with E-state index in [9.17, 15) is 13.2 Å². The van der Waals surface area contributed by atoms with Gasteiger partial charge in [-0.25, -0.2) is 13.2 Å². The zero-order valence-corrected chi connectivity index (χ0v) is 17.0. The summed E-state index contributed by atoms with van der Waals surface area (Å²) in [6, 6.07) is 6.41. The van der Waals surface area contributed by atoms with Crippen molar-refractivity contribution in [3.8, 4) is 0 Å². The molecule has 0 spiro atoms. The number of hydrogen-bond donors (Lipinski definition) is 2. The summed E-state index contributed by atoms with van der Waals surface area (Å²) in [4.78, 5) is 12.7. The van der Waals surface area contributed by atoms with E-state index >= 15 is 0 Å². The molecule has 0 heterocycles. The van der Waals surface area contributed by atoms with E-state index in [0.717, 1.165) is 29.9 Å². The Morgan fingerprint density at radius 3 is 2.07 bits per heavy atom. The summed E-state index contributed by atoms with van der Waals surface area (Å²) in [5.74, 6) is 2.65. The van der Waals surface area contributed by atoms with Crippen LogP contribution in [0.5, 0.6) is 0 Å². The van der Waals surface area contributed by atoms with Crippen LogP contribution in [-0.2, 0) is 9.84 Å². The smallest absolute Gasteiger partial charge is 0.315 e. The van der Waals surface area contributed by atoms with E-state index in [-0.39, 0.29) is 12.1 Å². The first-order valence-electron chi connectivity index (χ1n) is 10.1. The van der Waals surface area contributed by atoms with Crippen LogP contribution in [0.2, 0.25) is 0 Å². The minimum absolute atomic E-state index is 0.134. The van der Waals surface area contributed by atoms with Gasteiger partial charge in [0.2, 0.25) is 0 Å². The molecule has 4 aliphatic carbocycles. The molecule has 0 saturated heterocycles. The summed E-state index contributed by atoms with van der Waals surface area (Å²) >= 11 is 0. The highest BCUT2D eigenvalue weighted by Crippen LogP contribution is 2.59. The van der Waals surface area contributed by atoms with Gasteiger partial charge in [0.1, 0.15) is 0 Å². The number of carbonyl (C=O) groups excluding carboxylic acids is 1. The van der Waals surface area contributed by atoms with Crippen LogP contribution < -0.4 is 10.6 Å². The van der Waals surface area contributed by atoms with E-state index in [1.54, 1.807) is 24.3 Å². The molecule has 0 aromatic heterocycles. The number of sulfone groups is 1. The molecular weight excluding hydrogens is 360 g/mol. The molecule has 4 bridgehead atoms. The van der Waals surface area contributed by atoms with Crippen molar-refractivity contribution in [1.29, 1.82) is 0 Å². The Balaban J connectivity index is 1.32. The molecule has 0 radical (unpaired) electrons. The van der Waals surface area contributed by atoms with Gasteiger partial charge in [-0.3, -0.25) is 0 Å². The third-order valence-corrected chi connectivity index (χ3v) is 8.07. The van der Waals surface area contributed by atoms with Crippen molar-refractivity contribution in [1.82, 2.24) is 10.6 Å². The van der Waals surface area contributed by atoms with Crippen LogP contribution in [0.15, 0.2) is 29.2 Å². The predicted octanol–water partition coefficient (Wildman–Crippen LogP) is 3.67. The summed E-state index contributed by atoms with van der Waals surface area (Å²) < 4.78 is 23.1. The van der Waals surface area contributed by atoms with Crippen molar-refractivity contribution in [2.45, 2.75) is 56.4 Å². The first-order valence-corrected chi connectivity index (χ1v) is 12.0. The van der Waals surface area contributed by atoms with Crippen LogP contribution in [-0.4, -0.2) is 27.2 Å². The zero-order chi connectivity index (χ0) is 19.2. The fraction of sp³-hybridized carbons (Fsp3) is 0.667. The number of rotatable bonds is 5. The first-order chi connectivity index (χ1) is 12.7. The molecule has 6 heteroatoms. The van der Waals surface area contributed by atoms with Gasteiger partial charge in [0.05, 0.1) is 10.9 Å². The molecule has 1 aromatic rings. The Labute approximate surface area is 162 Å². The predicted molar refractivity (Wildman–Crippen MR) is 105 cm³/mol. The summed E-state index contributed by atoms with van der Waals surface area (Å²) in [7, 11) is -3.20. The van der Waals surface area contributed by atoms with Crippen LogP contribution in [0.1, 0.15) is 57.1 Å². The van der Waals surface area contributed by atoms with Gasteiger partial charge in [-0.2, -0.15) is 0 Å². The molecule has 2 N–H and O–H groups in total. The Morgan fingerprint density at radius 1 is 1.07 bits per heavy atom. The number of nitrogens with one attached hydrogen (secondary N) is 2. The van der Waals surface area contributed by atoms with Crippen LogP contribution in [0.25, 0.3) is 0 Å². The second-order valence-electron chi connectivity index (χ2n) is 9.31. The highest BCUT2D eigenvalue weighted by Gasteiger charge is 2.50. The third-order valence-electron chi connectivity index (χ3n) is 6.94. The first kappa shape index (κ1) is 18.8. The number of benzene rings is 1. The van der Waals surface area contributed by atoms with Crippen molar-refractivity contribution in [2.75, 3.05) is 12.8 Å². The normalized spacial score (nSPS) is 32.9. The average Bonchev–Trinajstić information content (AvgIpc) is 2.58. The van der Waals surface area contributed by atoms with Gasteiger partial charge < -0.3 is 10.6 Å². The lowest BCUT2D eigenvalue weighted by atomic mass is 9.49. The number of carbonyl (C=O) groups is 1. The third kappa shape index (κ3) is 4.00. The summed E-state index contributed by atoms with van der Waals surface area (Å²) in [6.45, 7) is 2.70. The maximum absolute atomic E-state index is 12.4. The Kier molecular flexibility index (Phi) is 4.73. The van der Waals surface area contributed by atoms with Gasteiger partial charge in [-0.05, 0) is 86.3 Å². The molecule has 0 unspecified atom stereocenters. The highest BCUT2D eigenvalue weighted by molar-refractivity contribution is 7.90. The minimum Gasteiger partial charge on any atom is -0.338 e. The van der Waals surface area contributed by atoms with Gasteiger partial charge in [-0.1, -0.05) is 12.1 Å². The van der Waals surface area contributed by atoms with Gasteiger partial charge in [0.15, 0.2) is 9.84 Å². The highest BCUT2D eigenvalue weighted by atomic mass is 32.2. The van der Waals surface area contributed by atoms with E-state index in [1.165, 1.54) is 44.8 Å². The van der Waals surface area contributed by atoms with Crippen LogP contribution in [0, 0.1) is 23.2 Å².